The van der Waals surface area contributed by atoms with Gasteiger partial charge in [0.1, 0.15) is 4.88 Å². The third kappa shape index (κ3) is 3.96. The summed E-state index contributed by atoms with van der Waals surface area (Å²) in [6, 6.07) is 0. The van der Waals surface area contributed by atoms with Crippen LogP contribution in [0, 0.1) is 11.8 Å². The molecule has 5 heteroatoms. The number of thiazole rings is 1. The maximum Gasteiger partial charge on any atom is 0.347 e. The Morgan fingerprint density at radius 2 is 2.19 bits per heavy atom. The Balaban J connectivity index is 2.14. The highest BCUT2D eigenvalue weighted by atomic mass is 32.1. The van der Waals surface area contributed by atoms with Crippen molar-refractivity contribution < 1.29 is 9.90 Å². The largest absolute Gasteiger partial charge is 0.477 e. The van der Waals surface area contributed by atoms with Gasteiger partial charge >= 0.3 is 5.97 Å². The Bertz CT molecular complexity index is 485. The van der Waals surface area contributed by atoms with Gasteiger partial charge < -0.3 is 10.0 Å². The van der Waals surface area contributed by atoms with Gasteiger partial charge in [-0.05, 0) is 37.5 Å². The van der Waals surface area contributed by atoms with Crippen LogP contribution in [-0.4, -0.2) is 29.1 Å². The zero-order valence-corrected chi connectivity index (χ0v) is 14.1. The molecule has 0 amide bonds. The summed E-state index contributed by atoms with van der Waals surface area (Å²) in [5.74, 6) is 0.674. The van der Waals surface area contributed by atoms with Gasteiger partial charge in [-0.2, -0.15) is 0 Å². The highest BCUT2D eigenvalue weighted by molar-refractivity contribution is 7.17. The van der Waals surface area contributed by atoms with Crippen molar-refractivity contribution in [3.8, 4) is 0 Å². The van der Waals surface area contributed by atoms with Gasteiger partial charge in [0, 0.05) is 13.1 Å². The van der Waals surface area contributed by atoms with Crippen molar-refractivity contribution in [1.29, 1.82) is 0 Å². The summed E-state index contributed by atoms with van der Waals surface area (Å²) in [6.07, 6.45) is 5.31. The van der Waals surface area contributed by atoms with E-state index < -0.39 is 5.97 Å². The topological polar surface area (TPSA) is 53.4 Å². The maximum absolute atomic E-state index is 11.4. The molecule has 1 saturated heterocycles. The molecule has 1 aliphatic heterocycles. The molecule has 1 N–H and O–H groups in total. The minimum absolute atomic E-state index is 0.427. The van der Waals surface area contributed by atoms with Gasteiger partial charge in [0.2, 0.25) is 0 Å². The Morgan fingerprint density at radius 1 is 1.43 bits per heavy atom. The van der Waals surface area contributed by atoms with Gasteiger partial charge in [0.25, 0.3) is 0 Å². The normalized spacial score (nSPS) is 19.8. The molecule has 2 heterocycles. The number of anilines is 1. The van der Waals surface area contributed by atoms with Crippen LogP contribution in [0.4, 0.5) is 5.13 Å². The van der Waals surface area contributed by atoms with Crippen LogP contribution in [0.1, 0.15) is 61.8 Å². The first-order chi connectivity index (χ1) is 10.0. The molecule has 0 bridgehead atoms. The van der Waals surface area contributed by atoms with E-state index in [9.17, 15) is 9.90 Å². The number of carboxylic acids is 1. The molecule has 2 rings (SSSR count). The predicted octanol–water partition coefficient (Wildman–Crippen LogP) is 4.06. The number of aryl methyl sites for hydroxylation is 1. The molecule has 118 valence electrons. The Labute approximate surface area is 131 Å². The van der Waals surface area contributed by atoms with Crippen molar-refractivity contribution in [3.05, 3.63) is 10.6 Å². The lowest BCUT2D eigenvalue weighted by Gasteiger charge is -2.20. The average Bonchev–Trinajstić information content (AvgIpc) is 2.69. The molecule has 0 aliphatic carbocycles. The van der Waals surface area contributed by atoms with Crippen LogP contribution in [0.3, 0.4) is 0 Å². The summed E-state index contributed by atoms with van der Waals surface area (Å²) in [5, 5.41) is 10.2. The summed E-state index contributed by atoms with van der Waals surface area (Å²) in [4.78, 5) is 18.7. The van der Waals surface area contributed by atoms with Gasteiger partial charge in [0.15, 0.2) is 5.13 Å². The number of nitrogens with zero attached hydrogens (tertiary/aromatic N) is 2. The number of aromatic carboxylic acids is 1. The Kier molecular flexibility index (Phi) is 5.62. The first kappa shape index (κ1) is 16.3. The highest BCUT2D eigenvalue weighted by Gasteiger charge is 2.24. The van der Waals surface area contributed by atoms with E-state index in [2.05, 4.69) is 30.7 Å². The summed E-state index contributed by atoms with van der Waals surface area (Å²) in [5.41, 5.74) is 0.759. The molecule has 0 radical (unpaired) electrons. The number of aromatic nitrogens is 1. The van der Waals surface area contributed by atoms with Crippen molar-refractivity contribution in [2.24, 2.45) is 11.8 Å². The second kappa shape index (κ2) is 7.25. The van der Waals surface area contributed by atoms with E-state index in [0.29, 0.717) is 4.88 Å². The van der Waals surface area contributed by atoms with Gasteiger partial charge in [-0.1, -0.05) is 38.5 Å². The predicted molar refractivity (Wildman–Crippen MR) is 87.5 cm³/mol. The van der Waals surface area contributed by atoms with Crippen LogP contribution >= 0.6 is 11.3 Å². The minimum atomic E-state index is -0.836. The maximum atomic E-state index is 11.4. The second-order valence-electron chi connectivity index (χ2n) is 6.25. The zero-order chi connectivity index (χ0) is 15.4. The highest BCUT2D eigenvalue weighted by Crippen LogP contribution is 2.31. The van der Waals surface area contributed by atoms with E-state index in [-0.39, 0.29) is 0 Å². The lowest BCUT2D eigenvalue weighted by atomic mass is 9.89. The standard InChI is InChI=1S/C16H26N2O2S/c1-4-6-13-14(15(19)20)21-16(17-13)18-9-5-7-12(8-10-18)11(2)3/h11-12H,4-10H2,1-3H3,(H,19,20). The van der Waals surface area contributed by atoms with E-state index in [0.717, 1.165) is 48.6 Å². The van der Waals surface area contributed by atoms with Crippen molar-refractivity contribution in [2.45, 2.75) is 52.9 Å². The molecule has 1 atom stereocenters. The first-order valence-corrected chi connectivity index (χ1v) is 8.82. The third-order valence-corrected chi connectivity index (χ3v) is 5.50. The molecule has 1 aromatic heterocycles. The quantitative estimate of drug-likeness (QED) is 0.891. The van der Waals surface area contributed by atoms with E-state index in [4.69, 9.17) is 0 Å². The fraction of sp³-hybridized carbons (Fsp3) is 0.750. The van der Waals surface area contributed by atoms with E-state index in [1.165, 1.54) is 30.6 Å². The number of carbonyl (C=O) groups is 1. The molecular formula is C16H26N2O2S. The van der Waals surface area contributed by atoms with Crippen molar-refractivity contribution in [3.63, 3.8) is 0 Å². The molecule has 21 heavy (non-hydrogen) atoms. The summed E-state index contributed by atoms with van der Waals surface area (Å²) in [6.45, 7) is 8.66. The summed E-state index contributed by atoms with van der Waals surface area (Å²) < 4.78 is 0. The smallest absolute Gasteiger partial charge is 0.347 e. The Morgan fingerprint density at radius 3 is 2.81 bits per heavy atom. The summed E-state index contributed by atoms with van der Waals surface area (Å²) in [7, 11) is 0. The molecule has 1 fully saturated rings. The van der Waals surface area contributed by atoms with Crippen LogP contribution in [0.5, 0.6) is 0 Å². The number of rotatable bonds is 5. The van der Waals surface area contributed by atoms with E-state index in [1.54, 1.807) is 0 Å². The summed E-state index contributed by atoms with van der Waals surface area (Å²) >= 11 is 1.35. The Hall–Kier alpha value is -1.10. The fourth-order valence-electron chi connectivity index (χ4n) is 3.03. The van der Waals surface area contributed by atoms with Crippen molar-refractivity contribution in [2.75, 3.05) is 18.0 Å². The van der Waals surface area contributed by atoms with Crippen LogP contribution in [0.25, 0.3) is 0 Å². The lowest BCUT2D eigenvalue weighted by molar-refractivity contribution is 0.0700. The fourth-order valence-corrected chi connectivity index (χ4v) is 4.03. The molecule has 1 unspecified atom stereocenters. The van der Waals surface area contributed by atoms with Gasteiger partial charge in [0.05, 0.1) is 5.69 Å². The molecule has 0 spiro atoms. The number of hydrogen-bond donors (Lipinski definition) is 1. The van der Waals surface area contributed by atoms with Crippen LogP contribution in [0.15, 0.2) is 0 Å². The third-order valence-electron chi connectivity index (χ3n) is 4.35. The second-order valence-corrected chi connectivity index (χ2v) is 7.23. The van der Waals surface area contributed by atoms with E-state index >= 15 is 0 Å². The first-order valence-electron chi connectivity index (χ1n) is 8.00. The van der Waals surface area contributed by atoms with Crippen molar-refractivity contribution in [1.82, 2.24) is 4.98 Å². The van der Waals surface area contributed by atoms with Gasteiger partial charge in [-0.25, -0.2) is 9.78 Å². The molecule has 0 saturated carbocycles. The molecule has 4 nitrogen and oxygen atoms in total. The monoisotopic (exact) mass is 310 g/mol. The number of hydrogen-bond acceptors (Lipinski definition) is 4. The molecular weight excluding hydrogens is 284 g/mol. The van der Waals surface area contributed by atoms with Gasteiger partial charge in [-0.3, -0.25) is 0 Å². The minimum Gasteiger partial charge on any atom is -0.477 e. The molecule has 1 aliphatic rings. The number of carboxylic acid groups (broad SMARTS) is 1. The van der Waals surface area contributed by atoms with Crippen LogP contribution in [0.2, 0.25) is 0 Å². The van der Waals surface area contributed by atoms with Crippen molar-refractivity contribution >= 4 is 22.4 Å². The molecule has 1 aromatic rings. The van der Waals surface area contributed by atoms with Crippen LogP contribution in [-0.2, 0) is 6.42 Å². The SMILES string of the molecule is CCCc1nc(N2CCCC(C(C)C)CC2)sc1C(=O)O. The van der Waals surface area contributed by atoms with Gasteiger partial charge in [-0.15, -0.1) is 0 Å². The lowest BCUT2D eigenvalue weighted by Crippen LogP contribution is -2.24. The van der Waals surface area contributed by atoms with E-state index in [1.807, 2.05) is 0 Å². The zero-order valence-electron chi connectivity index (χ0n) is 13.3. The van der Waals surface area contributed by atoms with Crippen LogP contribution < -0.4 is 4.90 Å². The molecule has 0 aromatic carbocycles. The average molecular weight is 310 g/mol.